The van der Waals surface area contributed by atoms with E-state index in [4.69, 9.17) is 4.74 Å². The van der Waals surface area contributed by atoms with Crippen LogP contribution in [0.2, 0.25) is 0 Å². The van der Waals surface area contributed by atoms with Crippen LogP contribution in [0, 0.1) is 34.6 Å². The Kier molecular flexibility index (Phi) is 3.31. The topological polar surface area (TPSA) is 39.2 Å². The Morgan fingerprint density at radius 2 is 1.63 bits per heavy atom. The molecular weight excluding hydrogens is 238 g/mol. The average Bonchev–Trinajstić information content (AvgIpc) is 2.39. The molecule has 1 heterocycles. The number of carbonyl (C=O) groups excluding carboxylic acids is 1. The summed E-state index contributed by atoms with van der Waals surface area (Å²) < 4.78 is 4.89. The number of hydrogen-bond donors (Lipinski definition) is 0. The smallest absolute Gasteiger partial charge is 0.338 e. The van der Waals surface area contributed by atoms with Gasteiger partial charge in [0.2, 0.25) is 0 Å². The van der Waals surface area contributed by atoms with Crippen molar-refractivity contribution in [2.75, 3.05) is 7.11 Å². The summed E-state index contributed by atoms with van der Waals surface area (Å²) in [6.07, 6.45) is 1.86. The van der Waals surface area contributed by atoms with Crippen LogP contribution in [0.15, 0.2) is 6.20 Å². The van der Waals surface area contributed by atoms with Gasteiger partial charge in [0, 0.05) is 11.6 Å². The van der Waals surface area contributed by atoms with Gasteiger partial charge in [0.05, 0.1) is 18.2 Å². The normalized spacial score (nSPS) is 10.8. The number of benzene rings is 1. The molecule has 1 aromatic carbocycles. The fraction of sp³-hybridized carbons (Fsp3) is 0.375. The molecule has 2 aromatic rings. The van der Waals surface area contributed by atoms with E-state index in [-0.39, 0.29) is 5.97 Å². The van der Waals surface area contributed by atoms with Crippen LogP contribution in [0.1, 0.15) is 38.2 Å². The van der Waals surface area contributed by atoms with Crippen molar-refractivity contribution in [1.29, 1.82) is 0 Å². The highest BCUT2D eigenvalue weighted by atomic mass is 16.5. The lowest BCUT2D eigenvalue weighted by Gasteiger charge is -2.17. The van der Waals surface area contributed by atoms with Crippen molar-refractivity contribution >= 4 is 16.9 Å². The molecule has 0 amide bonds. The summed E-state index contributed by atoms with van der Waals surface area (Å²) in [4.78, 5) is 16.5. The lowest BCUT2D eigenvalue weighted by atomic mass is 9.90. The second-order valence-corrected chi connectivity index (χ2v) is 5.03. The number of aromatic nitrogens is 1. The van der Waals surface area contributed by atoms with Crippen molar-refractivity contribution in [3.8, 4) is 0 Å². The summed E-state index contributed by atoms with van der Waals surface area (Å²) in [5.74, 6) is -0.292. The Morgan fingerprint density at radius 1 is 1.00 bits per heavy atom. The maximum absolute atomic E-state index is 12.0. The van der Waals surface area contributed by atoms with Crippen molar-refractivity contribution in [3.63, 3.8) is 0 Å². The molecule has 3 heteroatoms. The maximum Gasteiger partial charge on any atom is 0.338 e. The minimum atomic E-state index is -0.292. The SMILES string of the molecule is COC(=O)c1c(C)c(C)c2c(C)c(C)cnc2c1C. The van der Waals surface area contributed by atoms with E-state index >= 15 is 0 Å². The van der Waals surface area contributed by atoms with Crippen LogP contribution in [-0.4, -0.2) is 18.1 Å². The molecule has 100 valence electrons. The molecule has 0 aliphatic rings. The third-order valence-corrected chi connectivity index (χ3v) is 4.02. The molecule has 0 saturated heterocycles. The second-order valence-electron chi connectivity index (χ2n) is 5.03. The van der Waals surface area contributed by atoms with Gasteiger partial charge >= 0.3 is 5.97 Å². The standard InChI is InChI=1S/C16H19NO2/c1-8-7-17-15-12(5)14(16(18)19-6)11(4)10(3)13(15)9(8)2/h7H,1-6H3. The summed E-state index contributed by atoms with van der Waals surface area (Å²) in [6.45, 7) is 10.1. The van der Waals surface area contributed by atoms with Gasteiger partial charge in [-0.1, -0.05) is 0 Å². The van der Waals surface area contributed by atoms with Crippen molar-refractivity contribution in [2.24, 2.45) is 0 Å². The van der Waals surface area contributed by atoms with Crippen LogP contribution < -0.4 is 0 Å². The third kappa shape index (κ3) is 1.89. The molecule has 0 radical (unpaired) electrons. The molecule has 0 bridgehead atoms. The van der Waals surface area contributed by atoms with Crippen LogP contribution in [0.3, 0.4) is 0 Å². The molecular formula is C16H19NO2. The molecule has 0 aliphatic carbocycles. The third-order valence-electron chi connectivity index (χ3n) is 4.02. The summed E-state index contributed by atoms with van der Waals surface area (Å²) in [5, 5.41) is 1.16. The molecule has 1 aromatic heterocycles. The average molecular weight is 257 g/mol. The lowest BCUT2D eigenvalue weighted by Crippen LogP contribution is -2.10. The van der Waals surface area contributed by atoms with Crippen LogP contribution >= 0.6 is 0 Å². The Morgan fingerprint density at radius 3 is 2.21 bits per heavy atom. The van der Waals surface area contributed by atoms with E-state index in [1.54, 1.807) is 0 Å². The number of aryl methyl sites for hydroxylation is 4. The van der Waals surface area contributed by atoms with Crippen molar-refractivity contribution in [1.82, 2.24) is 4.98 Å². The fourth-order valence-electron chi connectivity index (χ4n) is 2.62. The Balaban J connectivity index is 3.00. The first-order valence-corrected chi connectivity index (χ1v) is 6.34. The number of ether oxygens (including phenoxy) is 1. The van der Waals surface area contributed by atoms with Gasteiger partial charge in [-0.15, -0.1) is 0 Å². The van der Waals surface area contributed by atoms with Gasteiger partial charge in [-0.3, -0.25) is 4.98 Å². The maximum atomic E-state index is 12.0. The Hall–Kier alpha value is -1.90. The minimum absolute atomic E-state index is 0.292. The van der Waals surface area contributed by atoms with Crippen molar-refractivity contribution < 1.29 is 9.53 Å². The number of carbonyl (C=O) groups is 1. The van der Waals surface area contributed by atoms with E-state index in [0.717, 1.165) is 27.6 Å². The van der Waals surface area contributed by atoms with Gasteiger partial charge in [-0.25, -0.2) is 4.79 Å². The number of fused-ring (bicyclic) bond motifs is 1. The highest BCUT2D eigenvalue weighted by Crippen LogP contribution is 2.31. The Labute approximate surface area is 113 Å². The number of nitrogens with zero attached hydrogens (tertiary/aromatic N) is 1. The number of hydrogen-bond acceptors (Lipinski definition) is 3. The molecule has 3 nitrogen and oxygen atoms in total. The van der Waals surface area contributed by atoms with Crippen molar-refractivity contribution in [3.05, 3.63) is 39.6 Å². The first-order valence-electron chi connectivity index (χ1n) is 6.34. The minimum Gasteiger partial charge on any atom is -0.465 e. The molecule has 0 saturated carbocycles. The first kappa shape index (κ1) is 13.5. The van der Waals surface area contributed by atoms with Gasteiger partial charge in [-0.2, -0.15) is 0 Å². The molecule has 0 spiro atoms. The molecule has 2 rings (SSSR count). The van der Waals surface area contributed by atoms with Gasteiger partial charge in [0.25, 0.3) is 0 Å². The predicted molar refractivity (Wildman–Crippen MR) is 76.8 cm³/mol. The zero-order chi connectivity index (χ0) is 14.3. The summed E-state index contributed by atoms with van der Waals surface area (Å²) in [7, 11) is 1.41. The number of esters is 1. The van der Waals surface area contributed by atoms with Gasteiger partial charge in [-0.05, 0) is 62.4 Å². The zero-order valence-electron chi connectivity index (χ0n) is 12.3. The predicted octanol–water partition coefficient (Wildman–Crippen LogP) is 3.56. The molecule has 0 fully saturated rings. The lowest BCUT2D eigenvalue weighted by molar-refractivity contribution is 0.0599. The highest BCUT2D eigenvalue weighted by molar-refractivity contribution is 6.01. The van der Waals surface area contributed by atoms with Crippen LogP contribution in [0.4, 0.5) is 0 Å². The van der Waals surface area contributed by atoms with Crippen LogP contribution in [-0.2, 0) is 4.74 Å². The molecule has 0 aliphatic heterocycles. The fourth-order valence-corrected chi connectivity index (χ4v) is 2.62. The number of rotatable bonds is 1. The van der Waals surface area contributed by atoms with Crippen LogP contribution in [0.5, 0.6) is 0 Å². The largest absolute Gasteiger partial charge is 0.465 e. The number of methoxy groups -OCH3 is 1. The summed E-state index contributed by atoms with van der Waals surface area (Å²) in [5.41, 5.74) is 6.91. The van der Waals surface area contributed by atoms with E-state index in [1.165, 1.54) is 18.2 Å². The van der Waals surface area contributed by atoms with Gasteiger partial charge < -0.3 is 4.74 Å². The van der Waals surface area contributed by atoms with Crippen molar-refractivity contribution in [2.45, 2.75) is 34.6 Å². The van der Waals surface area contributed by atoms with Gasteiger partial charge in [0.1, 0.15) is 0 Å². The molecule has 0 N–H and O–H groups in total. The molecule has 0 atom stereocenters. The van der Waals surface area contributed by atoms with Crippen LogP contribution in [0.25, 0.3) is 10.9 Å². The first-order chi connectivity index (χ1) is 8.90. The van der Waals surface area contributed by atoms with E-state index in [9.17, 15) is 4.79 Å². The summed E-state index contributed by atoms with van der Waals surface area (Å²) in [6, 6.07) is 0. The summed E-state index contributed by atoms with van der Waals surface area (Å²) >= 11 is 0. The second kappa shape index (κ2) is 4.65. The van der Waals surface area contributed by atoms with E-state index in [0.29, 0.717) is 5.56 Å². The monoisotopic (exact) mass is 257 g/mol. The zero-order valence-corrected chi connectivity index (χ0v) is 12.3. The molecule has 19 heavy (non-hydrogen) atoms. The quantitative estimate of drug-likeness (QED) is 0.733. The highest BCUT2D eigenvalue weighted by Gasteiger charge is 2.20. The van der Waals surface area contributed by atoms with E-state index in [2.05, 4.69) is 18.8 Å². The number of pyridine rings is 1. The Bertz CT molecular complexity index is 687. The van der Waals surface area contributed by atoms with Gasteiger partial charge in [0.15, 0.2) is 0 Å². The molecule has 0 unspecified atom stereocenters. The van der Waals surface area contributed by atoms with E-state index in [1.807, 2.05) is 27.0 Å². The van der Waals surface area contributed by atoms with E-state index < -0.39 is 0 Å².